The van der Waals surface area contributed by atoms with Crippen LogP contribution in [0.2, 0.25) is 0 Å². The molecule has 0 aliphatic heterocycles. The summed E-state index contributed by atoms with van der Waals surface area (Å²) in [5, 5.41) is 21.6. The molecule has 0 aromatic rings. The van der Waals surface area contributed by atoms with Crippen LogP contribution in [0.25, 0.3) is 0 Å². The largest absolute Gasteiger partial charge is 0.390 e. The van der Waals surface area contributed by atoms with E-state index < -0.39 is 11.2 Å². The Hall–Kier alpha value is -0.340. The van der Waals surface area contributed by atoms with Gasteiger partial charge >= 0.3 is 0 Å². The summed E-state index contributed by atoms with van der Waals surface area (Å²) in [6.45, 7) is 10.3. The Morgan fingerprint density at radius 1 is 1.29 bits per heavy atom. The molecule has 0 aromatic heterocycles. The fourth-order valence-corrected chi connectivity index (χ4v) is 4.23. The van der Waals surface area contributed by atoms with Gasteiger partial charge in [-0.25, -0.2) is 0 Å². The second kappa shape index (κ2) is 4.10. The van der Waals surface area contributed by atoms with E-state index in [0.717, 1.165) is 31.3 Å². The van der Waals surface area contributed by atoms with Crippen LogP contribution in [0.3, 0.4) is 0 Å². The molecule has 2 fully saturated rings. The molecule has 17 heavy (non-hydrogen) atoms. The SMILES string of the molecule is C=C1CCC2C(C)(O)CCC(C(C)C)C2(O)C1. The topological polar surface area (TPSA) is 40.5 Å². The fourth-order valence-electron chi connectivity index (χ4n) is 4.23. The van der Waals surface area contributed by atoms with Crippen LogP contribution in [0.5, 0.6) is 0 Å². The van der Waals surface area contributed by atoms with Crippen LogP contribution in [0, 0.1) is 17.8 Å². The molecule has 2 aliphatic carbocycles. The molecule has 2 saturated carbocycles. The lowest BCUT2D eigenvalue weighted by Gasteiger charge is -2.56. The molecule has 0 aromatic carbocycles. The highest BCUT2D eigenvalue weighted by molar-refractivity contribution is 5.16. The molecule has 2 N–H and O–H groups in total. The Kier molecular flexibility index (Phi) is 3.16. The van der Waals surface area contributed by atoms with Crippen LogP contribution in [0.1, 0.15) is 52.9 Å². The molecule has 2 rings (SSSR count). The molecule has 98 valence electrons. The van der Waals surface area contributed by atoms with Gasteiger partial charge in [-0.2, -0.15) is 0 Å². The van der Waals surface area contributed by atoms with Gasteiger partial charge in [-0.15, -0.1) is 0 Å². The molecular weight excluding hydrogens is 212 g/mol. The number of aliphatic hydroxyl groups is 2. The lowest BCUT2D eigenvalue weighted by atomic mass is 9.54. The number of hydrogen-bond donors (Lipinski definition) is 2. The van der Waals surface area contributed by atoms with Gasteiger partial charge in [-0.05, 0) is 50.9 Å². The monoisotopic (exact) mass is 238 g/mol. The first-order valence-electron chi connectivity index (χ1n) is 6.89. The summed E-state index contributed by atoms with van der Waals surface area (Å²) >= 11 is 0. The van der Waals surface area contributed by atoms with Gasteiger partial charge in [0.15, 0.2) is 0 Å². The average molecular weight is 238 g/mol. The quantitative estimate of drug-likeness (QED) is 0.690. The predicted octanol–water partition coefficient (Wildman–Crippen LogP) is 2.89. The second-order valence-electron chi connectivity index (χ2n) is 6.76. The van der Waals surface area contributed by atoms with Crippen molar-refractivity contribution < 1.29 is 10.2 Å². The number of rotatable bonds is 1. The van der Waals surface area contributed by atoms with E-state index >= 15 is 0 Å². The normalized spacial score (nSPS) is 47.1. The third-order valence-corrected chi connectivity index (χ3v) is 5.08. The zero-order valence-electron chi connectivity index (χ0n) is 11.4. The standard InChI is InChI=1S/C15H26O2/c1-10(2)12-7-8-14(4,16)13-6-5-11(3)9-15(12,13)17/h10,12-13,16-17H,3,5-9H2,1-2,4H3. The first-order chi connectivity index (χ1) is 7.77. The predicted molar refractivity (Wildman–Crippen MR) is 69.6 cm³/mol. The van der Waals surface area contributed by atoms with Crippen molar-refractivity contribution in [3.8, 4) is 0 Å². The van der Waals surface area contributed by atoms with E-state index in [9.17, 15) is 10.2 Å². The van der Waals surface area contributed by atoms with Gasteiger partial charge in [0.2, 0.25) is 0 Å². The Bertz CT molecular complexity index is 319. The maximum absolute atomic E-state index is 11.1. The Morgan fingerprint density at radius 2 is 1.94 bits per heavy atom. The molecule has 2 aliphatic rings. The van der Waals surface area contributed by atoms with Crippen molar-refractivity contribution >= 4 is 0 Å². The molecule has 4 unspecified atom stereocenters. The van der Waals surface area contributed by atoms with E-state index in [-0.39, 0.29) is 5.92 Å². The molecule has 0 saturated heterocycles. The zero-order chi connectivity index (χ0) is 12.8. The lowest BCUT2D eigenvalue weighted by molar-refractivity contribution is -0.197. The van der Waals surface area contributed by atoms with Crippen LogP contribution in [0.4, 0.5) is 0 Å². The van der Waals surface area contributed by atoms with Crippen LogP contribution in [-0.4, -0.2) is 21.4 Å². The average Bonchev–Trinajstić information content (AvgIpc) is 2.14. The van der Waals surface area contributed by atoms with E-state index in [1.165, 1.54) is 0 Å². The lowest BCUT2D eigenvalue weighted by Crippen LogP contribution is -2.61. The third-order valence-electron chi connectivity index (χ3n) is 5.08. The Labute approximate surface area is 105 Å². The van der Waals surface area contributed by atoms with E-state index in [4.69, 9.17) is 0 Å². The molecule has 0 spiro atoms. The Morgan fingerprint density at radius 3 is 2.53 bits per heavy atom. The van der Waals surface area contributed by atoms with Gasteiger partial charge in [-0.1, -0.05) is 26.0 Å². The molecule has 0 heterocycles. The molecule has 2 nitrogen and oxygen atoms in total. The Balaban J connectivity index is 2.35. The van der Waals surface area contributed by atoms with Gasteiger partial charge in [0, 0.05) is 5.92 Å². The van der Waals surface area contributed by atoms with Crippen molar-refractivity contribution in [2.24, 2.45) is 17.8 Å². The van der Waals surface area contributed by atoms with Gasteiger partial charge in [0.1, 0.15) is 0 Å². The third kappa shape index (κ3) is 2.06. The zero-order valence-corrected chi connectivity index (χ0v) is 11.4. The van der Waals surface area contributed by atoms with E-state index in [2.05, 4.69) is 20.4 Å². The van der Waals surface area contributed by atoms with Crippen molar-refractivity contribution in [1.82, 2.24) is 0 Å². The molecule has 2 heteroatoms. The summed E-state index contributed by atoms with van der Waals surface area (Å²) in [6, 6.07) is 0. The molecule has 0 bridgehead atoms. The molecular formula is C15H26O2. The molecule has 0 radical (unpaired) electrons. The van der Waals surface area contributed by atoms with Gasteiger partial charge in [0.25, 0.3) is 0 Å². The summed E-state index contributed by atoms with van der Waals surface area (Å²) in [5.41, 5.74) is -0.293. The summed E-state index contributed by atoms with van der Waals surface area (Å²) < 4.78 is 0. The van der Waals surface area contributed by atoms with Crippen LogP contribution in [-0.2, 0) is 0 Å². The van der Waals surface area contributed by atoms with Crippen molar-refractivity contribution in [3.63, 3.8) is 0 Å². The second-order valence-corrected chi connectivity index (χ2v) is 6.76. The van der Waals surface area contributed by atoms with Crippen LogP contribution >= 0.6 is 0 Å². The van der Waals surface area contributed by atoms with Crippen LogP contribution < -0.4 is 0 Å². The van der Waals surface area contributed by atoms with Crippen molar-refractivity contribution in [2.45, 2.75) is 64.1 Å². The fraction of sp³-hybridized carbons (Fsp3) is 0.867. The van der Waals surface area contributed by atoms with Gasteiger partial charge in [-0.3, -0.25) is 0 Å². The maximum atomic E-state index is 11.1. The van der Waals surface area contributed by atoms with E-state index in [0.29, 0.717) is 18.3 Å². The highest BCUT2D eigenvalue weighted by Gasteiger charge is 2.56. The molecule has 4 atom stereocenters. The summed E-state index contributed by atoms with van der Waals surface area (Å²) in [7, 11) is 0. The first kappa shape index (κ1) is 13.1. The minimum absolute atomic E-state index is 0.0154. The number of hydrogen-bond acceptors (Lipinski definition) is 2. The van der Waals surface area contributed by atoms with Gasteiger partial charge < -0.3 is 10.2 Å². The minimum atomic E-state index is -0.731. The number of fused-ring (bicyclic) bond motifs is 1. The van der Waals surface area contributed by atoms with Gasteiger partial charge in [0.05, 0.1) is 11.2 Å². The summed E-state index contributed by atoms with van der Waals surface area (Å²) in [5.74, 6) is 0.774. The summed E-state index contributed by atoms with van der Waals surface area (Å²) in [4.78, 5) is 0. The van der Waals surface area contributed by atoms with Crippen LogP contribution in [0.15, 0.2) is 12.2 Å². The van der Waals surface area contributed by atoms with E-state index in [1.54, 1.807) is 0 Å². The van der Waals surface area contributed by atoms with Crippen molar-refractivity contribution in [1.29, 1.82) is 0 Å². The van der Waals surface area contributed by atoms with E-state index in [1.807, 2.05) is 6.92 Å². The van der Waals surface area contributed by atoms with Crippen molar-refractivity contribution in [3.05, 3.63) is 12.2 Å². The summed E-state index contributed by atoms with van der Waals surface area (Å²) in [6.07, 6.45) is 4.25. The smallest absolute Gasteiger partial charge is 0.0770 e. The highest BCUT2D eigenvalue weighted by Crippen LogP contribution is 2.54. The van der Waals surface area contributed by atoms with Crippen molar-refractivity contribution in [2.75, 3.05) is 0 Å². The minimum Gasteiger partial charge on any atom is -0.390 e. The first-order valence-corrected chi connectivity index (χ1v) is 6.89. The highest BCUT2D eigenvalue weighted by atomic mass is 16.3. The maximum Gasteiger partial charge on any atom is 0.0770 e. The molecule has 0 amide bonds.